The summed E-state index contributed by atoms with van der Waals surface area (Å²) in [6, 6.07) is 13.8. The molecule has 0 aliphatic carbocycles. The van der Waals surface area contributed by atoms with Crippen molar-refractivity contribution in [1.29, 1.82) is 0 Å². The van der Waals surface area contributed by atoms with Crippen LogP contribution < -0.4 is 10.1 Å². The maximum Gasteiger partial charge on any atom is 0.200 e. The molecule has 0 bridgehead atoms. The SMILES string of the molecule is C=C(Cc1ccc(OC)cc1)Nc1c(C(=O)CCCC)oc2ccc(C)cc12. The van der Waals surface area contributed by atoms with Crippen molar-refractivity contribution in [1.82, 2.24) is 0 Å². The van der Waals surface area contributed by atoms with Crippen LogP contribution >= 0.6 is 0 Å². The number of methoxy groups -OCH3 is 1. The number of carbonyl (C=O) groups excluding carboxylic acids is 1. The van der Waals surface area contributed by atoms with Crippen molar-refractivity contribution >= 4 is 22.4 Å². The Morgan fingerprint density at radius 2 is 1.93 bits per heavy atom. The Morgan fingerprint density at radius 3 is 2.61 bits per heavy atom. The van der Waals surface area contributed by atoms with Gasteiger partial charge in [0.15, 0.2) is 11.5 Å². The first-order valence-corrected chi connectivity index (χ1v) is 9.66. The predicted octanol–water partition coefficient (Wildman–Crippen LogP) is 6.29. The van der Waals surface area contributed by atoms with Crippen molar-refractivity contribution in [2.75, 3.05) is 12.4 Å². The lowest BCUT2D eigenvalue weighted by atomic mass is 10.1. The van der Waals surface area contributed by atoms with Crippen LogP contribution in [-0.2, 0) is 6.42 Å². The van der Waals surface area contributed by atoms with Crippen LogP contribution in [0, 0.1) is 6.92 Å². The maximum atomic E-state index is 12.7. The van der Waals surface area contributed by atoms with Crippen molar-refractivity contribution in [2.24, 2.45) is 0 Å². The van der Waals surface area contributed by atoms with Crippen molar-refractivity contribution < 1.29 is 13.9 Å². The molecule has 0 spiro atoms. The first kappa shape index (κ1) is 19.7. The molecule has 3 aromatic rings. The molecule has 0 amide bonds. The number of allylic oxidation sites excluding steroid dienone is 1. The Hall–Kier alpha value is -3.01. The van der Waals surface area contributed by atoms with Gasteiger partial charge in [-0.1, -0.05) is 43.7 Å². The molecule has 1 N–H and O–H groups in total. The Morgan fingerprint density at radius 1 is 1.18 bits per heavy atom. The molecule has 0 saturated carbocycles. The number of nitrogens with one attached hydrogen (secondary N) is 1. The number of Topliss-reactive ketones (excluding diaryl/α,β-unsaturated/α-hetero) is 1. The highest BCUT2D eigenvalue weighted by Crippen LogP contribution is 2.34. The molecule has 0 aliphatic heterocycles. The number of hydrogen-bond acceptors (Lipinski definition) is 4. The molecule has 0 atom stereocenters. The van der Waals surface area contributed by atoms with Gasteiger partial charge in [-0.05, 0) is 43.2 Å². The number of unbranched alkanes of at least 4 members (excludes halogenated alkanes) is 1. The van der Waals surface area contributed by atoms with Crippen LogP contribution in [0.5, 0.6) is 5.75 Å². The maximum absolute atomic E-state index is 12.7. The van der Waals surface area contributed by atoms with Gasteiger partial charge in [-0.2, -0.15) is 0 Å². The van der Waals surface area contributed by atoms with E-state index in [9.17, 15) is 4.79 Å². The number of hydrogen-bond donors (Lipinski definition) is 1. The topological polar surface area (TPSA) is 51.5 Å². The summed E-state index contributed by atoms with van der Waals surface area (Å²) in [6.45, 7) is 8.27. The molecule has 0 unspecified atom stereocenters. The lowest BCUT2D eigenvalue weighted by Crippen LogP contribution is -2.06. The second kappa shape index (κ2) is 8.79. The highest BCUT2D eigenvalue weighted by atomic mass is 16.5. The largest absolute Gasteiger partial charge is 0.497 e. The summed E-state index contributed by atoms with van der Waals surface area (Å²) in [5.41, 5.74) is 4.47. The van der Waals surface area contributed by atoms with E-state index in [4.69, 9.17) is 9.15 Å². The Kier molecular flexibility index (Phi) is 6.19. The lowest BCUT2D eigenvalue weighted by Gasteiger charge is -2.11. The number of furan rings is 1. The van der Waals surface area contributed by atoms with Crippen molar-refractivity contribution in [3.63, 3.8) is 0 Å². The quantitative estimate of drug-likeness (QED) is 0.445. The molecular weight excluding hydrogens is 350 g/mol. The molecule has 28 heavy (non-hydrogen) atoms. The molecule has 0 saturated heterocycles. The smallest absolute Gasteiger partial charge is 0.200 e. The van der Waals surface area contributed by atoms with Crippen molar-refractivity contribution in [2.45, 2.75) is 39.5 Å². The first-order chi connectivity index (χ1) is 13.5. The molecule has 2 aromatic carbocycles. The van der Waals surface area contributed by atoms with E-state index in [1.807, 2.05) is 49.4 Å². The highest BCUT2D eigenvalue weighted by Gasteiger charge is 2.21. The summed E-state index contributed by atoms with van der Waals surface area (Å²) < 4.78 is 11.1. The molecule has 146 valence electrons. The lowest BCUT2D eigenvalue weighted by molar-refractivity contribution is 0.0956. The van der Waals surface area contributed by atoms with Gasteiger partial charge in [0.05, 0.1) is 12.8 Å². The normalized spacial score (nSPS) is 10.8. The van der Waals surface area contributed by atoms with Gasteiger partial charge >= 0.3 is 0 Å². The Balaban J connectivity index is 1.87. The molecular formula is C24H27NO3. The molecule has 4 heteroatoms. The number of ketones is 1. The van der Waals surface area contributed by atoms with E-state index in [0.29, 0.717) is 24.2 Å². The highest BCUT2D eigenvalue weighted by molar-refractivity contribution is 6.07. The zero-order chi connectivity index (χ0) is 20.1. The molecule has 3 rings (SSSR count). The minimum absolute atomic E-state index is 0.0236. The Bertz CT molecular complexity index is 983. The van der Waals surface area contributed by atoms with Crippen LogP contribution in [0.25, 0.3) is 11.0 Å². The third-order valence-electron chi connectivity index (χ3n) is 4.73. The zero-order valence-electron chi connectivity index (χ0n) is 16.8. The predicted molar refractivity (Wildman–Crippen MR) is 114 cm³/mol. The van der Waals surface area contributed by atoms with Crippen LogP contribution in [0.3, 0.4) is 0 Å². The van der Waals surface area contributed by atoms with Gasteiger partial charge in [-0.15, -0.1) is 0 Å². The average molecular weight is 377 g/mol. The summed E-state index contributed by atoms with van der Waals surface area (Å²) in [7, 11) is 1.65. The number of aryl methyl sites for hydroxylation is 1. The van der Waals surface area contributed by atoms with Crippen LogP contribution in [0.4, 0.5) is 5.69 Å². The van der Waals surface area contributed by atoms with Crippen LogP contribution in [0.2, 0.25) is 0 Å². The third kappa shape index (κ3) is 4.45. The number of carbonyl (C=O) groups is 1. The minimum atomic E-state index is 0.0236. The number of anilines is 1. The molecule has 1 aromatic heterocycles. The number of rotatable bonds is 9. The summed E-state index contributed by atoms with van der Waals surface area (Å²) >= 11 is 0. The fraction of sp³-hybridized carbons (Fsp3) is 0.292. The van der Waals surface area contributed by atoms with E-state index in [-0.39, 0.29) is 5.78 Å². The van der Waals surface area contributed by atoms with Crippen LogP contribution in [0.1, 0.15) is 47.9 Å². The van der Waals surface area contributed by atoms with E-state index in [0.717, 1.165) is 46.5 Å². The minimum Gasteiger partial charge on any atom is -0.497 e. The molecule has 4 nitrogen and oxygen atoms in total. The molecule has 0 aliphatic rings. The van der Waals surface area contributed by atoms with Gasteiger partial charge in [0.1, 0.15) is 11.3 Å². The molecule has 1 heterocycles. The third-order valence-corrected chi connectivity index (χ3v) is 4.73. The van der Waals surface area contributed by atoms with Gasteiger partial charge < -0.3 is 14.5 Å². The van der Waals surface area contributed by atoms with E-state index >= 15 is 0 Å². The fourth-order valence-electron chi connectivity index (χ4n) is 3.19. The summed E-state index contributed by atoms with van der Waals surface area (Å²) in [5, 5.41) is 4.27. The number of ether oxygens (including phenoxy) is 1. The summed E-state index contributed by atoms with van der Waals surface area (Å²) in [4.78, 5) is 12.7. The van der Waals surface area contributed by atoms with E-state index in [1.165, 1.54) is 0 Å². The fourth-order valence-corrected chi connectivity index (χ4v) is 3.19. The van der Waals surface area contributed by atoms with Gasteiger partial charge in [-0.25, -0.2) is 0 Å². The van der Waals surface area contributed by atoms with Gasteiger partial charge in [-0.3, -0.25) is 4.79 Å². The number of fused-ring (bicyclic) bond motifs is 1. The van der Waals surface area contributed by atoms with Crippen molar-refractivity contribution in [3.8, 4) is 5.75 Å². The molecule has 0 radical (unpaired) electrons. The van der Waals surface area contributed by atoms with E-state index < -0.39 is 0 Å². The van der Waals surface area contributed by atoms with Gasteiger partial charge in [0, 0.05) is 23.9 Å². The molecule has 0 fully saturated rings. The van der Waals surface area contributed by atoms with E-state index in [2.05, 4.69) is 18.8 Å². The second-order valence-corrected chi connectivity index (χ2v) is 7.09. The zero-order valence-corrected chi connectivity index (χ0v) is 16.8. The average Bonchev–Trinajstić information content (AvgIpc) is 3.04. The van der Waals surface area contributed by atoms with Crippen molar-refractivity contribution in [3.05, 3.63) is 71.6 Å². The second-order valence-electron chi connectivity index (χ2n) is 7.09. The van der Waals surface area contributed by atoms with Gasteiger partial charge in [0.2, 0.25) is 0 Å². The monoisotopic (exact) mass is 377 g/mol. The summed E-state index contributed by atoms with van der Waals surface area (Å²) in [5.74, 6) is 1.24. The Labute approximate surface area is 166 Å². The van der Waals surface area contributed by atoms with Crippen LogP contribution in [-0.4, -0.2) is 12.9 Å². The van der Waals surface area contributed by atoms with Gasteiger partial charge in [0.25, 0.3) is 0 Å². The standard InChI is InChI=1S/C24H27NO3/c1-5-6-7-21(26)24-23(20-14-16(2)8-13-22(20)28-24)25-17(3)15-18-9-11-19(27-4)12-10-18/h8-14,25H,3,5-7,15H2,1-2,4H3. The van der Waals surface area contributed by atoms with Crippen LogP contribution in [0.15, 0.2) is 59.2 Å². The summed E-state index contributed by atoms with van der Waals surface area (Å²) in [6.07, 6.45) is 2.94. The first-order valence-electron chi connectivity index (χ1n) is 9.66. The number of benzene rings is 2. The van der Waals surface area contributed by atoms with E-state index in [1.54, 1.807) is 7.11 Å².